The van der Waals surface area contributed by atoms with E-state index in [9.17, 15) is 4.39 Å². The second-order valence-electron chi connectivity index (χ2n) is 6.42. The Kier molecular flexibility index (Phi) is 4.07. The summed E-state index contributed by atoms with van der Waals surface area (Å²) in [6, 6.07) is 4.80. The number of ether oxygens (including phenoxy) is 2. The molecule has 20 heavy (non-hydrogen) atoms. The number of methoxy groups -OCH3 is 1. The van der Waals surface area contributed by atoms with Gasteiger partial charge >= 0.3 is 0 Å². The van der Waals surface area contributed by atoms with Crippen LogP contribution >= 0.6 is 0 Å². The summed E-state index contributed by atoms with van der Waals surface area (Å²) < 4.78 is 25.1. The normalized spacial score (nSPS) is 26.0. The van der Waals surface area contributed by atoms with E-state index in [0.29, 0.717) is 0 Å². The van der Waals surface area contributed by atoms with E-state index in [1.807, 2.05) is 7.05 Å². The first-order valence-electron chi connectivity index (χ1n) is 6.99. The summed E-state index contributed by atoms with van der Waals surface area (Å²) in [4.78, 5) is 0. The number of rotatable bonds is 4. The van der Waals surface area contributed by atoms with Crippen molar-refractivity contribution in [3.8, 4) is 5.75 Å². The smallest absolute Gasteiger partial charge is 0.125 e. The van der Waals surface area contributed by atoms with Crippen LogP contribution in [0.25, 0.3) is 0 Å². The molecule has 1 aromatic carbocycles. The van der Waals surface area contributed by atoms with Crippen LogP contribution in [0.5, 0.6) is 5.75 Å². The average molecular weight is 281 g/mol. The number of halogens is 1. The number of hydrogen-bond donors (Lipinski definition) is 1. The van der Waals surface area contributed by atoms with E-state index in [-0.39, 0.29) is 23.1 Å². The third-order valence-corrected chi connectivity index (χ3v) is 4.04. The molecule has 2 unspecified atom stereocenters. The van der Waals surface area contributed by atoms with E-state index >= 15 is 0 Å². The highest BCUT2D eigenvalue weighted by Gasteiger charge is 2.41. The predicted octanol–water partition coefficient (Wildman–Crippen LogP) is 3.44. The van der Waals surface area contributed by atoms with Gasteiger partial charge in [-0.2, -0.15) is 0 Å². The van der Waals surface area contributed by atoms with Crippen LogP contribution in [0.3, 0.4) is 0 Å². The van der Waals surface area contributed by atoms with E-state index in [0.717, 1.165) is 24.2 Å². The van der Waals surface area contributed by atoms with Crippen LogP contribution in [-0.4, -0.2) is 25.4 Å². The van der Waals surface area contributed by atoms with Crippen LogP contribution in [-0.2, 0) is 4.74 Å². The SMILES string of the molecule is CNC1CC(C)(CC(C)(C)OC)Oc2ccc(F)cc21. The highest BCUT2D eigenvalue weighted by molar-refractivity contribution is 5.39. The van der Waals surface area contributed by atoms with Crippen molar-refractivity contribution in [1.29, 1.82) is 0 Å². The van der Waals surface area contributed by atoms with Crippen molar-refractivity contribution in [2.45, 2.75) is 50.9 Å². The fourth-order valence-corrected chi connectivity index (χ4v) is 3.07. The average Bonchev–Trinajstić information content (AvgIpc) is 2.37. The lowest BCUT2D eigenvalue weighted by atomic mass is 9.81. The summed E-state index contributed by atoms with van der Waals surface area (Å²) in [7, 11) is 3.61. The minimum Gasteiger partial charge on any atom is -0.487 e. The van der Waals surface area contributed by atoms with Gasteiger partial charge in [0.25, 0.3) is 0 Å². The predicted molar refractivity (Wildman–Crippen MR) is 77.6 cm³/mol. The molecule has 0 fully saturated rings. The van der Waals surface area contributed by atoms with E-state index in [2.05, 4.69) is 26.1 Å². The van der Waals surface area contributed by atoms with E-state index < -0.39 is 0 Å². The maximum absolute atomic E-state index is 13.4. The first-order chi connectivity index (χ1) is 9.28. The number of benzene rings is 1. The van der Waals surface area contributed by atoms with E-state index in [1.54, 1.807) is 19.2 Å². The molecule has 0 saturated heterocycles. The molecule has 4 heteroatoms. The molecule has 2 atom stereocenters. The van der Waals surface area contributed by atoms with E-state index in [4.69, 9.17) is 9.47 Å². The molecule has 0 spiro atoms. The Hall–Kier alpha value is -1.13. The Bertz CT molecular complexity index is 489. The zero-order valence-electron chi connectivity index (χ0n) is 12.9. The van der Waals surface area contributed by atoms with Crippen molar-refractivity contribution in [1.82, 2.24) is 5.32 Å². The fraction of sp³-hybridized carbons (Fsp3) is 0.625. The van der Waals surface area contributed by atoms with E-state index in [1.165, 1.54) is 6.07 Å². The number of fused-ring (bicyclic) bond motifs is 1. The van der Waals surface area contributed by atoms with Gasteiger partial charge in [0.1, 0.15) is 17.2 Å². The largest absolute Gasteiger partial charge is 0.487 e. The lowest BCUT2D eigenvalue weighted by molar-refractivity contribution is -0.0595. The summed E-state index contributed by atoms with van der Waals surface area (Å²) >= 11 is 0. The number of nitrogens with one attached hydrogen (secondary N) is 1. The molecular weight excluding hydrogens is 257 g/mol. The lowest BCUT2D eigenvalue weighted by Gasteiger charge is -2.43. The third-order valence-electron chi connectivity index (χ3n) is 4.04. The summed E-state index contributed by atoms with van der Waals surface area (Å²) in [5.41, 5.74) is 0.294. The minimum atomic E-state index is -0.335. The molecule has 0 saturated carbocycles. The van der Waals surface area contributed by atoms with Crippen molar-refractivity contribution in [3.05, 3.63) is 29.6 Å². The Morgan fingerprint density at radius 1 is 1.50 bits per heavy atom. The summed E-state index contributed by atoms with van der Waals surface area (Å²) in [5, 5.41) is 3.26. The summed E-state index contributed by atoms with van der Waals surface area (Å²) in [5.74, 6) is 0.528. The quantitative estimate of drug-likeness (QED) is 0.917. The summed E-state index contributed by atoms with van der Waals surface area (Å²) in [6.07, 6.45) is 1.55. The molecular formula is C16H24FNO2. The highest BCUT2D eigenvalue weighted by Crippen LogP contribution is 2.43. The molecule has 2 rings (SSSR count). The summed E-state index contributed by atoms with van der Waals surface area (Å²) in [6.45, 7) is 6.19. The van der Waals surface area contributed by atoms with Crippen LogP contribution in [0.4, 0.5) is 4.39 Å². The monoisotopic (exact) mass is 281 g/mol. The second-order valence-corrected chi connectivity index (χ2v) is 6.42. The molecule has 0 bridgehead atoms. The molecule has 1 aromatic rings. The first kappa shape index (κ1) is 15.3. The molecule has 112 valence electrons. The van der Waals surface area contributed by atoms with Gasteiger partial charge in [-0.15, -0.1) is 0 Å². The maximum Gasteiger partial charge on any atom is 0.125 e. The molecule has 1 aliphatic rings. The number of hydrogen-bond acceptors (Lipinski definition) is 3. The van der Waals surface area contributed by atoms with Crippen LogP contribution in [0, 0.1) is 5.82 Å². The van der Waals surface area contributed by atoms with Crippen molar-refractivity contribution in [2.75, 3.05) is 14.2 Å². The van der Waals surface area contributed by atoms with Gasteiger partial charge < -0.3 is 14.8 Å². The van der Waals surface area contributed by atoms with Crippen LogP contribution in [0.2, 0.25) is 0 Å². The van der Waals surface area contributed by atoms with Crippen LogP contribution in [0.1, 0.15) is 45.2 Å². The molecule has 1 heterocycles. The van der Waals surface area contributed by atoms with Crippen LogP contribution in [0.15, 0.2) is 18.2 Å². The van der Waals surface area contributed by atoms with Gasteiger partial charge in [-0.25, -0.2) is 4.39 Å². The van der Waals surface area contributed by atoms with Gasteiger partial charge in [-0.3, -0.25) is 0 Å². The molecule has 0 aliphatic carbocycles. The van der Waals surface area contributed by atoms with Crippen molar-refractivity contribution in [2.24, 2.45) is 0 Å². The second kappa shape index (κ2) is 5.34. The maximum atomic E-state index is 13.4. The first-order valence-corrected chi connectivity index (χ1v) is 6.99. The fourth-order valence-electron chi connectivity index (χ4n) is 3.07. The van der Waals surface area contributed by atoms with Gasteiger partial charge in [0.2, 0.25) is 0 Å². The van der Waals surface area contributed by atoms with Gasteiger partial charge in [0, 0.05) is 31.6 Å². The molecule has 0 amide bonds. The van der Waals surface area contributed by atoms with Crippen molar-refractivity contribution < 1.29 is 13.9 Å². The molecule has 0 radical (unpaired) electrons. The Morgan fingerprint density at radius 3 is 2.80 bits per heavy atom. The molecule has 1 aliphatic heterocycles. The molecule has 0 aromatic heterocycles. The van der Waals surface area contributed by atoms with Gasteiger partial charge in [0.15, 0.2) is 0 Å². The Labute approximate surface area is 120 Å². The molecule has 3 nitrogen and oxygen atoms in total. The zero-order valence-corrected chi connectivity index (χ0v) is 12.9. The van der Waals surface area contributed by atoms with Crippen molar-refractivity contribution >= 4 is 0 Å². The highest BCUT2D eigenvalue weighted by atomic mass is 19.1. The Balaban J connectivity index is 2.31. The van der Waals surface area contributed by atoms with Gasteiger partial charge in [-0.1, -0.05) is 0 Å². The topological polar surface area (TPSA) is 30.5 Å². The third kappa shape index (κ3) is 3.13. The molecule has 1 N–H and O–H groups in total. The lowest BCUT2D eigenvalue weighted by Crippen LogP contribution is -2.46. The van der Waals surface area contributed by atoms with Gasteiger partial charge in [-0.05, 0) is 46.0 Å². The van der Waals surface area contributed by atoms with Crippen molar-refractivity contribution in [3.63, 3.8) is 0 Å². The van der Waals surface area contributed by atoms with Crippen LogP contribution < -0.4 is 10.1 Å². The standard InChI is InChI=1S/C16H24FNO2/c1-15(2,19-5)10-16(3)9-13(18-4)12-8-11(17)6-7-14(12)20-16/h6-8,13,18H,9-10H2,1-5H3. The zero-order chi connectivity index (χ0) is 15.0. The minimum absolute atomic E-state index is 0.0899. The Morgan fingerprint density at radius 2 is 2.20 bits per heavy atom. The van der Waals surface area contributed by atoms with Gasteiger partial charge in [0.05, 0.1) is 5.60 Å².